The Hall–Kier alpha value is -3.54. The molecule has 0 saturated carbocycles. The number of phenols is 1. The SMILES string of the molecule is COC(=O)N1CCC(N2CCc3ccccc3NC2=O)CC1.C[C@H](Cc1ccc(O)c(Cl)c1)C(=O)N1CCC(N2CCN(C)CC2)CC1. The number of carbonyl (C=O) groups excluding carboxylic acids is 3. The van der Waals surface area contributed by atoms with Crippen LogP contribution in [0.3, 0.4) is 0 Å². The summed E-state index contributed by atoms with van der Waals surface area (Å²) in [5.41, 5.74) is 3.06. The van der Waals surface area contributed by atoms with Crippen LogP contribution in [0.2, 0.25) is 5.02 Å². The first kappa shape index (κ1) is 35.8. The van der Waals surface area contributed by atoms with Crippen molar-refractivity contribution in [3.8, 4) is 5.75 Å². The summed E-state index contributed by atoms with van der Waals surface area (Å²) in [5.74, 6) is 0.238. The summed E-state index contributed by atoms with van der Waals surface area (Å²) in [6.07, 6.45) is 4.95. The number of fused-ring (bicyclic) bond motifs is 1. The Kier molecular flexibility index (Phi) is 12.5. The van der Waals surface area contributed by atoms with Crippen LogP contribution in [-0.4, -0.2) is 133 Å². The van der Waals surface area contributed by atoms with Crippen molar-refractivity contribution in [1.82, 2.24) is 24.5 Å². The number of urea groups is 1. The van der Waals surface area contributed by atoms with Crippen LogP contribution in [-0.2, 0) is 22.4 Å². The lowest BCUT2D eigenvalue weighted by atomic mass is 9.97. The molecule has 4 amide bonds. The lowest BCUT2D eigenvalue weighted by Crippen LogP contribution is -2.53. The number of anilines is 1. The first-order valence-electron chi connectivity index (χ1n) is 17.3. The Labute approximate surface area is 289 Å². The second-order valence-electron chi connectivity index (χ2n) is 13.5. The van der Waals surface area contributed by atoms with E-state index in [9.17, 15) is 19.5 Å². The number of hydrogen-bond acceptors (Lipinski definition) is 7. The van der Waals surface area contributed by atoms with E-state index in [-0.39, 0.29) is 35.7 Å². The molecule has 4 heterocycles. The average molecular weight is 683 g/mol. The number of piperazine rings is 1. The molecule has 262 valence electrons. The number of nitrogens with zero attached hydrogens (tertiary/aromatic N) is 5. The van der Waals surface area contributed by atoms with Crippen LogP contribution in [0.15, 0.2) is 42.5 Å². The summed E-state index contributed by atoms with van der Waals surface area (Å²) in [6.45, 7) is 10.3. The molecule has 2 aromatic carbocycles. The van der Waals surface area contributed by atoms with E-state index in [4.69, 9.17) is 16.3 Å². The molecule has 48 heavy (non-hydrogen) atoms. The fourth-order valence-electron chi connectivity index (χ4n) is 7.30. The van der Waals surface area contributed by atoms with Gasteiger partial charge in [-0.1, -0.05) is 42.8 Å². The molecule has 0 bridgehead atoms. The Balaban J connectivity index is 0.000000190. The van der Waals surface area contributed by atoms with Gasteiger partial charge in [0.2, 0.25) is 5.91 Å². The molecule has 0 aliphatic carbocycles. The summed E-state index contributed by atoms with van der Waals surface area (Å²) in [5, 5.41) is 12.9. The van der Waals surface area contributed by atoms with Gasteiger partial charge in [-0.25, -0.2) is 9.59 Å². The molecule has 0 spiro atoms. The highest BCUT2D eigenvalue weighted by Crippen LogP contribution is 2.27. The van der Waals surface area contributed by atoms with Crippen molar-refractivity contribution in [2.45, 2.75) is 57.5 Å². The van der Waals surface area contributed by atoms with Crippen molar-refractivity contribution in [2.24, 2.45) is 5.92 Å². The summed E-state index contributed by atoms with van der Waals surface area (Å²) < 4.78 is 4.75. The van der Waals surface area contributed by atoms with E-state index < -0.39 is 0 Å². The third-order valence-electron chi connectivity index (χ3n) is 10.3. The molecule has 1 atom stereocenters. The third-order valence-corrected chi connectivity index (χ3v) is 10.6. The van der Waals surface area contributed by atoms with Crippen molar-refractivity contribution in [1.29, 1.82) is 0 Å². The number of rotatable bonds is 5. The van der Waals surface area contributed by atoms with Crippen LogP contribution in [0, 0.1) is 5.92 Å². The summed E-state index contributed by atoms with van der Waals surface area (Å²) in [6, 6.07) is 13.9. The molecule has 11 nitrogen and oxygen atoms in total. The summed E-state index contributed by atoms with van der Waals surface area (Å²) in [7, 11) is 3.58. The lowest BCUT2D eigenvalue weighted by Gasteiger charge is -2.42. The monoisotopic (exact) mass is 682 g/mol. The first-order chi connectivity index (χ1) is 23.1. The number of likely N-dealkylation sites (tertiary alicyclic amines) is 2. The van der Waals surface area contributed by atoms with Gasteiger partial charge in [-0.2, -0.15) is 0 Å². The first-order valence-corrected chi connectivity index (χ1v) is 17.7. The fraction of sp³-hybridized carbons (Fsp3) is 0.583. The molecule has 4 aliphatic heterocycles. The van der Waals surface area contributed by atoms with E-state index in [1.54, 1.807) is 17.0 Å². The van der Waals surface area contributed by atoms with Gasteiger partial charge in [-0.05, 0) is 74.9 Å². The molecule has 3 saturated heterocycles. The Morgan fingerprint density at radius 1 is 0.917 bits per heavy atom. The van der Waals surface area contributed by atoms with Crippen LogP contribution in [0.5, 0.6) is 5.75 Å². The average Bonchev–Trinajstić information content (AvgIpc) is 3.28. The van der Waals surface area contributed by atoms with Gasteiger partial charge in [0, 0.05) is 82.6 Å². The third kappa shape index (κ3) is 9.12. The Morgan fingerprint density at radius 3 is 2.23 bits per heavy atom. The minimum Gasteiger partial charge on any atom is -0.506 e. The minimum absolute atomic E-state index is 0.0403. The molecule has 2 N–H and O–H groups in total. The van der Waals surface area contributed by atoms with Crippen molar-refractivity contribution in [3.05, 3.63) is 58.6 Å². The maximum absolute atomic E-state index is 12.8. The van der Waals surface area contributed by atoms with E-state index in [0.29, 0.717) is 37.1 Å². The van der Waals surface area contributed by atoms with Crippen LogP contribution >= 0.6 is 11.6 Å². The normalized spacial score (nSPS) is 20.6. The number of phenolic OH excluding ortho intramolecular Hbond substituents is 1. The number of aromatic hydroxyl groups is 1. The number of carbonyl (C=O) groups is 3. The van der Waals surface area contributed by atoms with Crippen LogP contribution in [0.4, 0.5) is 15.3 Å². The maximum Gasteiger partial charge on any atom is 0.409 e. The molecule has 0 unspecified atom stereocenters. The van der Waals surface area contributed by atoms with Crippen LogP contribution < -0.4 is 5.32 Å². The van der Waals surface area contributed by atoms with Gasteiger partial charge in [-0.3, -0.25) is 9.69 Å². The van der Waals surface area contributed by atoms with Gasteiger partial charge >= 0.3 is 12.1 Å². The number of amides is 4. The minimum atomic E-state index is -0.286. The number of ether oxygens (including phenoxy) is 1. The molecule has 4 aliphatic rings. The predicted molar refractivity (Wildman–Crippen MR) is 188 cm³/mol. The molecule has 3 fully saturated rings. The zero-order chi connectivity index (χ0) is 34.2. The van der Waals surface area contributed by atoms with Crippen molar-refractivity contribution in [3.63, 3.8) is 0 Å². The van der Waals surface area contributed by atoms with E-state index in [1.165, 1.54) is 12.7 Å². The van der Waals surface area contributed by atoms with Gasteiger partial charge in [0.05, 0.1) is 12.1 Å². The highest BCUT2D eigenvalue weighted by atomic mass is 35.5. The van der Waals surface area contributed by atoms with Gasteiger partial charge in [0.1, 0.15) is 5.75 Å². The lowest BCUT2D eigenvalue weighted by molar-refractivity contribution is -0.136. The van der Waals surface area contributed by atoms with Gasteiger partial charge < -0.3 is 34.8 Å². The second kappa shape index (κ2) is 16.7. The molecule has 2 aromatic rings. The number of halogens is 1. The number of nitrogens with one attached hydrogen (secondary N) is 1. The highest BCUT2D eigenvalue weighted by molar-refractivity contribution is 6.32. The number of hydrogen-bond donors (Lipinski definition) is 2. The van der Waals surface area contributed by atoms with E-state index in [2.05, 4.69) is 28.2 Å². The highest BCUT2D eigenvalue weighted by Gasteiger charge is 2.32. The largest absolute Gasteiger partial charge is 0.506 e. The molecule has 0 aromatic heterocycles. The van der Waals surface area contributed by atoms with Crippen LogP contribution in [0.1, 0.15) is 43.7 Å². The summed E-state index contributed by atoms with van der Waals surface area (Å²) in [4.78, 5) is 47.4. The Bertz CT molecular complexity index is 1400. The fourth-order valence-corrected chi connectivity index (χ4v) is 7.50. The maximum atomic E-state index is 12.8. The zero-order valence-electron chi connectivity index (χ0n) is 28.6. The molecular weight excluding hydrogens is 632 g/mol. The number of likely N-dealkylation sites (N-methyl/N-ethyl adjacent to an activating group) is 1. The van der Waals surface area contributed by atoms with Crippen molar-refractivity contribution in [2.75, 3.05) is 78.4 Å². The zero-order valence-corrected chi connectivity index (χ0v) is 29.3. The second-order valence-corrected chi connectivity index (χ2v) is 13.9. The molecule has 12 heteroatoms. The predicted octanol–water partition coefficient (Wildman–Crippen LogP) is 4.77. The quantitative estimate of drug-likeness (QED) is 0.468. The molecular formula is C36H51ClN6O5. The van der Waals surface area contributed by atoms with Crippen molar-refractivity contribution >= 4 is 35.3 Å². The smallest absolute Gasteiger partial charge is 0.409 e. The number of para-hydroxylation sites is 1. The van der Waals surface area contributed by atoms with E-state index in [1.807, 2.05) is 41.0 Å². The molecule has 0 radical (unpaired) electrons. The van der Waals surface area contributed by atoms with Crippen molar-refractivity contribution < 1.29 is 24.2 Å². The summed E-state index contributed by atoms with van der Waals surface area (Å²) >= 11 is 5.97. The van der Waals surface area contributed by atoms with Gasteiger partial charge in [0.15, 0.2) is 0 Å². The van der Waals surface area contributed by atoms with Gasteiger partial charge in [0.25, 0.3) is 0 Å². The van der Waals surface area contributed by atoms with Crippen LogP contribution in [0.25, 0.3) is 0 Å². The Morgan fingerprint density at radius 2 is 1.56 bits per heavy atom. The van der Waals surface area contributed by atoms with E-state index >= 15 is 0 Å². The standard InChI is InChI=1S/C20H30ClN3O2.C16H21N3O3/c1-15(13-16-3-4-19(25)18(21)14-16)20(26)24-7-5-17(6-8-24)23-11-9-22(2)10-12-23;1-22-16(21)18-9-7-13(8-10-18)19-11-6-12-4-2-3-5-14(12)17-15(19)20/h3-4,14-15,17,25H,5-13H2,1-2H3;2-5,13H,6-11H2,1H3,(H,17,20)/t15-;/m1./s1. The number of methoxy groups -OCH3 is 1. The number of piperidine rings is 2. The van der Waals surface area contributed by atoms with Gasteiger partial charge in [-0.15, -0.1) is 0 Å². The van der Waals surface area contributed by atoms with E-state index in [0.717, 1.165) is 82.6 Å². The number of benzene rings is 2. The molecule has 6 rings (SSSR count). The topological polar surface area (TPSA) is 109 Å².